The predicted octanol–water partition coefficient (Wildman–Crippen LogP) is 5.32. The SMILES string of the molecule is COc1ccc(CCl)cc1OCc1cccc(Cl)c1Cl. The molecule has 0 unspecified atom stereocenters. The summed E-state index contributed by atoms with van der Waals surface area (Å²) in [5, 5.41) is 1.01. The van der Waals surface area contributed by atoms with Gasteiger partial charge in [0.25, 0.3) is 0 Å². The van der Waals surface area contributed by atoms with Gasteiger partial charge in [0.2, 0.25) is 0 Å². The van der Waals surface area contributed by atoms with Crippen molar-refractivity contribution in [3.8, 4) is 11.5 Å². The fourth-order valence-corrected chi connectivity index (χ4v) is 2.27. The number of hydrogen-bond donors (Lipinski definition) is 0. The van der Waals surface area contributed by atoms with Crippen molar-refractivity contribution < 1.29 is 9.47 Å². The minimum absolute atomic E-state index is 0.307. The Morgan fingerprint density at radius 2 is 1.85 bits per heavy atom. The molecule has 0 aliphatic carbocycles. The lowest BCUT2D eigenvalue weighted by Gasteiger charge is -2.13. The third-order valence-electron chi connectivity index (χ3n) is 2.80. The van der Waals surface area contributed by atoms with Crippen LogP contribution in [0.4, 0.5) is 0 Å². The molecular weight excluding hydrogens is 319 g/mol. The molecule has 20 heavy (non-hydrogen) atoms. The number of ether oxygens (including phenoxy) is 2. The second-order valence-electron chi connectivity index (χ2n) is 4.12. The van der Waals surface area contributed by atoms with Gasteiger partial charge in [0, 0.05) is 11.4 Å². The van der Waals surface area contributed by atoms with Gasteiger partial charge in [0.15, 0.2) is 11.5 Å². The van der Waals surface area contributed by atoms with Crippen LogP contribution in [0, 0.1) is 0 Å². The van der Waals surface area contributed by atoms with Gasteiger partial charge in [-0.2, -0.15) is 0 Å². The summed E-state index contributed by atoms with van der Waals surface area (Å²) in [4.78, 5) is 0. The molecule has 2 nitrogen and oxygen atoms in total. The summed E-state index contributed by atoms with van der Waals surface area (Å²) in [5.74, 6) is 1.69. The molecule has 0 heterocycles. The minimum Gasteiger partial charge on any atom is -0.493 e. The van der Waals surface area contributed by atoms with Crippen LogP contribution in [0.3, 0.4) is 0 Å². The van der Waals surface area contributed by atoms with Crippen molar-refractivity contribution in [1.29, 1.82) is 0 Å². The Kier molecular flexibility index (Phi) is 5.41. The fourth-order valence-electron chi connectivity index (χ4n) is 1.73. The first-order valence-electron chi connectivity index (χ1n) is 5.94. The van der Waals surface area contributed by atoms with Crippen molar-refractivity contribution >= 4 is 34.8 Å². The van der Waals surface area contributed by atoms with E-state index in [-0.39, 0.29) is 0 Å². The van der Waals surface area contributed by atoms with Crippen LogP contribution in [0.5, 0.6) is 11.5 Å². The topological polar surface area (TPSA) is 18.5 Å². The van der Waals surface area contributed by atoms with Gasteiger partial charge in [-0.3, -0.25) is 0 Å². The fraction of sp³-hybridized carbons (Fsp3) is 0.200. The van der Waals surface area contributed by atoms with Crippen molar-refractivity contribution in [2.75, 3.05) is 7.11 Å². The summed E-state index contributed by atoms with van der Waals surface area (Å²) in [6, 6.07) is 11.0. The molecule has 0 saturated heterocycles. The molecule has 2 aromatic carbocycles. The Hall–Kier alpha value is -1.09. The van der Waals surface area contributed by atoms with Gasteiger partial charge in [0.1, 0.15) is 6.61 Å². The Morgan fingerprint density at radius 1 is 1.05 bits per heavy atom. The monoisotopic (exact) mass is 330 g/mol. The number of halogens is 3. The molecular formula is C15H13Cl3O2. The molecule has 0 aliphatic heterocycles. The number of benzene rings is 2. The van der Waals surface area contributed by atoms with Gasteiger partial charge in [-0.1, -0.05) is 41.4 Å². The van der Waals surface area contributed by atoms with Crippen molar-refractivity contribution in [2.45, 2.75) is 12.5 Å². The van der Waals surface area contributed by atoms with Crippen LogP contribution >= 0.6 is 34.8 Å². The van der Waals surface area contributed by atoms with Crippen molar-refractivity contribution in [1.82, 2.24) is 0 Å². The van der Waals surface area contributed by atoms with Crippen molar-refractivity contribution in [2.24, 2.45) is 0 Å². The van der Waals surface area contributed by atoms with Crippen LogP contribution in [0.25, 0.3) is 0 Å². The van der Waals surface area contributed by atoms with E-state index in [9.17, 15) is 0 Å². The third-order valence-corrected chi connectivity index (χ3v) is 3.96. The lowest BCUT2D eigenvalue weighted by Crippen LogP contribution is -1.99. The van der Waals surface area contributed by atoms with Crippen LogP contribution in [-0.2, 0) is 12.5 Å². The molecule has 0 fully saturated rings. The van der Waals surface area contributed by atoms with Crippen LogP contribution in [0.15, 0.2) is 36.4 Å². The van der Waals surface area contributed by atoms with Crippen LogP contribution in [-0.4, -0.2) is 7.11 Å². The molecule has 0 aromatic heterocycles. The largest absolute Gasteiger partial charge is 0.493 e. The molecule has 0 aliphatic rings. The van der Waals surface area contributed by atoms with E-state index < -0.39 is 0 Å². The van der Waals surface area contributed by atoms with E-state index in [1.54, 1.807) is 13.2 Å². The summed E-state index contributed by atoms with van der Waals surface area (Å²) in [6.07, 6.45) is 0. The van der Waals surface area contributed by atoms with E-state index in [2.05, 4.69) is 0 Å². The Balaban J connectivity index is 2.19. The van der Waals surface area contributed by atoms with Gasteiger partial charge in [-0.25, -0.2) is 0 Å². The van der Waals surface area contributed by atoms with Gasteiger partial charge >= 0.3 is 0 Å². The van der Waals surface area contributed by atoms with Gasteiger partial charge in [-0.05, 0) is 23.8 Å². The normalized spacial score (nSPS) is 10.4. The molecule has 0 saturated carbocycles. The zero-order valence-electron chi connectivity index (χ0n) is 10.8. The average Bonchev–Trinajstić information content (AvgIpc) is 2.48. The standard InChI is InChI=1S/C15H13Cl3O2/c1-19-13-6-5-10(8-16)7-14(13)20-9-11-3-2-4-12(17)15(11)18/h2-7H,8-9H2,1H3. The highest BCUT2D eigenvalue weighted by atomic mass is 35.5. The number of alkyl halides is 1. The molecule has 0 amide bonds. The maximum absolute atomic E-state index is 6.13. The van der Waals surface area contributed by atoms with E-state index in [0.717, 1.165) is 11.1 Å². The summed E-state index contributed by atoms with van der Waals surface area (Å²) in [7, 11) is 1.59. The quantitative estimate of drug-likeness (QED) is 0.690. The van der Waals surface area contributed by atoms with Crippen LogP contribution < -0.4 is 9.47 Å². The predicted molar refractivity (Wildman–Crippen MR) is 83.3 cm³/mol. The lowest BCUT2D eigenvalue weighted by molar-refractivity contribution is 0.284. The van der Waals surface area contributed by atoms with E-state index >= 15 is 0 Å². The van der Waals surface area contributed by atoms with Gasteiger partial charge in [0.05, 0.1) is 17.2 Å². The van der Waals surface area contributed by atoms with E-state index in [1.807, 2.05) is 30.3 Å². The minimum atomic E-state index is 0.307. The molecule has 0 spiro atoms. The zero-order chi connectivity index (χ0) is 14.5. The molecule has 0 atom stereocenters. The summed E-state index contributed by atoms with van der Waals surface area (Å²) in [5.41, 5.74) is 1.78. The van der Waals surface area contributed by atoms with Crippen LogP contribution in [0.2, 0.25) is 10.0 Å². The molecule has 0 radical (unpaired) electrons. The molecule has 0 N–H and O–H groups in total. The van der Waals surface area contributed by atoms with Crippen molar-refractivity contribution in [3.05, 3.63) is 57.6 Å². The molecule has 2 aromatic rings. The maximum Gasteiger partial charge on any atom is 0.161 e. The first kappa shape index (κ1) is 15.3. The summed E-state index contributed by atoms with van der Waals surface area (Å²) < 4.78 is 11.0. The second-order valence-corrected chi connectivity index (χ2v) is 5.17. The third kappa shape index (κ3) is 3.51. The average molecular weight is 332 g/mol. The number of methoxy groups -OCH3 is 1. The van der Waals surface area contributed by atoms with Crippen molar-refractivity contribution in [3.63, 3.8) is 0 Å². The Labute approximate surface area is 133 Å². The maximum atomic E-state index is 6.13. The van der Waals surface area contributed by atoms with E-state index in [4.69, 9.17) is 44.3 Å². The lowest BCUT2D eigenvalue weighted by atomic mass is 10.2. The first-order valence-corrected chi connectivity index (χ1v) is 7.23. The van der Waals surface area contributed by atoms with Gasteiger partial charge < -0.3 is 9.47 Å². The smallest absolute Gasteiger partial charge is 0.161 e. The number of hydrogen-bond acceptors (Lipinski definition) is 2. The zero-order valence-corrected chi connectivity index (χ0v) is 13.1. The highest BCUT2D eigenvalue weighted by Gasteiger charge is 2.09. The van der Waals surface area contributed by atoms with Gasteiger partial charge in [-0.15, -0.1) is 11.6 Å². The van der Waals surface area contributed by atoms with Crippen LogP contribution in [0.1, 0.15) is 11.1 Å². The highest BCUT2D eigenvalue weighted by Crippen LogP contribution is 2.31. The molecule has 0 bridgehead atoms. The second kappa shape index (κ2) is 7.07. The first-order chi connectivity index (χ1) is 9.65. The molecule has 106 valence electrons. The number of rotatable bonds is 5. The Morgan fingerprint density at radius 3 is 2.55 bits per heavy atom. The van der Waals surface area contributed by atoms with E-state index in [0.29, 0.717) is 34.0 Å². The molecule has 5 heteroatoms. The summed E-state index contributed by atoms with van der Waals surface area (Å²) >= 11 is 17.9. The van der Waals surface area contributed by atoms with E-state index in [1.165, 1.54) is 0 Å². The highest BCUT2D eigenvalue weighted by molar-refractivity contribution is 6.42. The summed E-state index contributed by atoms with van der Waals surface area (Å²) in [6.45, 7) is 0.307. The Bertz CT molecular complexity index is 600. The molecule has 2 rings (SSSR count).